The Labute approximate surface area is 163 Å². The number of carbonyl (C=O) groups is 2. The highest BCUT2D eigenvalue weighted by Crippen LogP contribution is 2.15. The third kappa shape index (κ3) is 5.38. The zero-order chi connectivity index (χ0) is 19.8. The summed E-state index contributed by atoms with van der Waals surface area (Å²) in [6.07, 6.45) is 1.81. The standard InChI is InChI=1S/C23H20N2O3/c1-17-7-5-6-10-21(17)23(27)28-20-13-11-19(12-14-20)16-24-25-22(26)15-18-8-3-2-4-9-18/h2-14,16H,15H2,1H3,(H,25,26). The first kappa shape index (κ1) is 19.0. The maximum absolute atomic E-state index is 12.2. The first-order chi connectivity index (χ1) is 13.6. The average Bonchev–Trinajstić information content (AvgIpc) is 2.70. The fraction of sp³-hybridized carbons (Fsp3) is 0.0870. The van der Waals surface area contributed by atoms with E-state index in [4.69, 9.17) is 4.74 Å². The molecular weight excluding hydrogens is 352 g/mol. The van der Waals surface area contributed by atoms with Crippen molar-refractivity contribution in [3.8, 4) is 5.75 Å². The number of rotatable bonds is 6. The van der Waals surface area contributed by atoms with Gasteiger partial charge in [0.2, 0.25) is 5.91 Å². The molecule has 0 heterocycles. The van der Waals surface area contributed by atoms with Crippen LogP contribution < -0.4 is 10.2 Å². The smallest absolute Gasteiger partial charge is 0.343 e. The van der Waals surface area contributed by atoms with Crippen molar-refractivity contribution in [3.63, 3.8) is 0 Å². The number of benzene rings is 3. The number of nitrogens with zero attached hydrogens (tertiary/aromatic N) is 1. The van der Waals surface area contributed by atoms with Gasteiger partial charge in [-0.25, -0.2) is 10.2 Å². The monoisotopic (exact) mass is 372 g/mol. The number of hydrogen-bond donors (Lipinski definition) is 1. The molecule has 0 radical (unpaired) electrons. The molecule has 3 aromatic carbocycles. The van der Waals surface area contributed by atoms with Gasteiger partial charge in [-0.15, -0.1) is 0 Å². The van der Waals surface area contributed by atoms with Crippen LogP contribution in [0.5, 0.6) is 5.75 Å². The lowest BCUT2D eigenvalue weighted by Crippen LogP contribution is -2.19. The number of amides is 1. The lowest BCUT2D eigenvalue weighted by molar-refractivity contribution is -0.120. The minimum atomic E-state index is -0.396. The van der Waals surface area contributed by atoms with Gasteiger partial charge in [0.05, 0.1) is 18.2 Å². The lowest BCUT2D eigenvalue weighted by Gasteiger charge is -2.06. The van der Waals surface area contributed by atoms with E-state index >= 15 is 0 Å². The molecule has 1 amide bonds. The molecule has 0 saturated carbocycles. The molecule has 0 aliphatic rings. The number of hydrogen-bond acceptors (Lipinski definition) is 4. The predicted octanol–water partition coefficient (Wildman–Crippen LogP) is 3.91. The van der Waals surface area contributed by atoms with Crippen molar-refractivity contribution in [2.24, 2.45) is 5.10 Å². The first-order valence-electron chi connectivity index (χ1n) is 8.85. The molecular formula is C23H20N2O3. The summed E-state index contributed by atoms with van der Waals surface area (Å²) in [4.78, 5) is 24.1. The molecule has 0 atom stereocenters. The second-order valence-corrected chi connectivity index (χ2v) is 6.23. The normalized spacial score (nSPS) is 10.6. The van der Waals surface area contributed by atoms with Gasteiger partial charge in [0, 0.05) is 0 Å². The summed E-state index contributed by atoms with van der Waals surface area (Å²) in [5.74, 6) is -0.141. The number of ether oxygens (including phenoxy) is 1. The van der Waals surface area contributed by atoms with Crippen LogP contribution in [-0.4, -0.2) is 18.1 Å². The third-order valence-electron chi connectivity index (χ3n) is 4.07. The molecule has 0 aliphatic heterocycles. The summed E-state index contributed by atoms with van der Waals surface area (Å²) in [7, 11) is 0. The van der Waals surface area contributed by atoms with Crippen molar-refractivity contribution < 1.29 is 14.3 Å². The Hall–Kier alpha value is -3.73. The number of esters is 1. The van der Waals surface area contributed by atoms with E-state index in [1.165, 1.54) is 6.21 Å². The van der Waals surface area contributed by atoms with E-state index in [-0.39, 0.29) is 12.3 Å². The van der Waals surface area contributed by atoms with Gasteiger partial charge in [0.15, 0.2) is 0 Å². The largest absolute Gasteiger partial charge is 0.423 e. The molecule has 3 rings (SSSR count). The van der Waals surface area contributed by atoms with Crippen LogP contribution in [0.3, 0.4) is 0 Å². The maximum Gasteiger partial charge on any atom is 0.343 e. The van der Waals surface area contributed by atoms with Crippen LogP contribution in [0.4, 0.5) is 0 Å². The fourth-order valence-corrected chi connectivity index (χ4v) is 2.59. The Balaban J connectivity index is 1.52. The summed E-state index contributed by atoms with van der Waals surface area (Å²) >= 11 is 0. The zero-order valence-electron chi connectivity index (χ0n) is 15.5. The second kappa shape index (κ2) is 9.28. The van der Waals surface area contributed by atoms with Crippen LogP contribution in [0, 0.1) is 6.92 Å². The fourth-order valence-electron chi connectivity index (χ4n) is 2.59. The molecule has 28 heavy (non-hydrogen) atoms. The van der Waals surface area contributed by atoms with Crippen LogP contribution in [0.1, 0.15) is 27.0 Å². The summed E-state index contributed by atoms with van der Waals surface area (Å²) in [6, 6.07) is 23.6. The van der Waals surface area contributed by atoms with E-state index in [2.05, 4.69) is 10.5 Å². The van der Waals surface area contributed by atoms with Gasteiger partial charge in [0.1, 0.15) is 5.75 Å². The van der Waals surface area contributed by atoms with Gasteiger partial charge in [-0.05, 0) is 53.9 Å². The molecule has 0 unspecified atom stereocenters. The highest BCUT2D eigenvalue weighted by atomic mass is 16.5. The van der Waals surface area contributed by atoms with Gasteiger partial charge in [-0.2, -0.15) is 5.10 Å². The maximum atomic E-state index is 12.2. The van der Waals surface area contributed by atoms with E-state index in [0.717, 1.165) is 16.7 Å². The Kier molecular flexibility index (Phi) is 6.31. The molecule has 0 aliphatic carbocycles. The van der Waals surface area contributed by atoms with Gasteiger partial charge in [-0.3, -0.25) is 4.79 Å². The van der Waals surface area contributed by atoms with Crippen molar-refractivity contribution in [2.75, 3.05) is 0 Å². The van der Waals surface area contributed by atoms with Gasteiger partial charge in [-0.1, -0.05) is 48.5 Å². The molecule has 5 nitrogen and oxygen atoms in total. The van der Waals surface area contributed by atoms with Crippen LogP contribution >= 0.6 is 0 Å². The first-order valence-corrected chi connectivity index (χ1v) is 8.85. The number of hydrazone groups is 1. The molecule has 5 heteroatoms. The molecule has 3 aromatic rings. The number of nitrogens with one attached hydrogen (secondary N) is 1. The molecule has 0 bridgehead atoms. The van der Waals surface area contributed by atoms with Gasteiger partial charge in [0.25, 0.3) is 0 Å². The minimum Gasteiger partial charge on any atom is -0.423 e. The van der Waals surface area contributed by atoms with Gasteiger partial charge >= 0.3 is 5.97 Å². The minimum absolute atomic E-state index is 0.189. The Morgan fingerprint density at radius 3 is 2.32 bits per heavy atom. The Morgan fingerprint density at radius 1 is 0.929 bits per heavy atom. The summed E-state index contributed by atoms with van der Waals surface area (Å²) < 4.78 is 5.39. The topological polar surface area (TPSA) is 67.8 Å². The average molecular weight is 372 g/mol. The summed E-state index contributed by atoms with van der Waals surface area (Å²) in [6.45, 7) is 1.86. The van der Waals surface area contributed by atoms with E-state index < -0.39 is 5.97 Å². The van der Waals surface area contributed by atoms with E-state index in [1.54, 1.807) is 36.4 Å². The van der Waals surface area contributed by atoms with Gasteiger partial charge < -0.3 is 4.74 Å². The van der Waals surface area contributed by atoms with Crippen molar-refractivity contribution in [1.29, 1.82) is 0 Å². The molecule has 140 valence electrons. The predicted molar refractivity (Wildman–Crippen MR) is 108 cm³/mol. The van der Waals surface area contributed by atoms with E-state index in [1.807, 2.05) is 49.4 Å². The SMILES string of the molecule is Cc1ccccc1C(=O)Oc1ccc(C=NNC(=O)Cc2ccccc2)cc1. The molecule has 1 N–H and O–H groups in total. The van der Waals surface area contributed by atoms with Crippen molar-refractivity contribution >= 4 is 18.1 Å². The van der Waals surface area contributed by atoms with E-state index in [9.17, 15) is 9.59 Å². The zero-order valence-corrected chi connectivity index (χ0v) is 15.5. The van der Waals surface area contributed by atoms with Crippen molar-refractivity contribution in [3.05, 3.63) is 101 Å². The second-order valence-electron chi connectivity index (χ2n) is 6.23. The lowest BCUT2D eigenvalue weighted by atomic mass is 10.1. The Morgan fingerprint density at radius 2 is 1.61 bits per heavy atom. The molecule has 0 aromatic heterocycles. The molecule has 0 fully saturated rings. The van der Waals surface area contributed by atoms with Crippen LogP contribution in [0.15, 0.2) is 84.0 Å². The number of carbonyl (C=O) groups excluding carboxylic acids is 2. The summed E-state index contributed by atoms with van der Waals surface area (Å²) in [5.41, 5.74) is 5.60. The highest BCUT2D eigenvalue weighted by molar-refractivity contribution is 5.92. The van der Waals surface area contributed by atoms with Crippen molar-refractivity contribution in [2.45, 2.75) is 13.3 Å². The van der Waals surface area contributed by atoms with Crippen LogP contribution in [0.25, 0.3) is 0 Å². The molecule has 0 saturated heterocycles. The quantitative estimate of drug-likeness (QED) is 0.309. The highest BCUT2D eigenvalue weighted by Gasteiger charge is 2.10. The third-order valence-corrected chi connectivity index (χ3v) is 4.07. The van der Waals surface area contributed by atoms with Crippen molar-refractivity contribution in [1.82, 2.24) is 5.43 Å². The molecule has 0 spiro atoms. The summed E-state index contributed by atoms with van der Waals surface area (Å²) in [5, 5.41) is 3.96. The van der Waals surface area contributed by atoms with Crippen LogP contribution in [-0.2, 0) is 11.2 Å². The Bertz CT molecular complexity index is 980. The number of aryl methyl sites for hydroxylation is 1. The van der Waals surface area contributed by atoms with Crippen LogP contribution in [0.2, 0.25) is 0 Å². The van der Waals surface area contributed by atoms with E-state index in [0.29, 0.717) is 11.3 Å².